The van der Waals surface area contributed by atoms with E-state index in [0.29, 0.717) is 0 Å². The van der Waals surface area contributed by atoms with Crippen LogP contribution in [0.4, 0.5) is 0 Å². The zero-order chi connectivity index (χ0) is 18.1. The van der Waals surface area contributed by atoms with Gasteiger partial charge in [-0.2, -0.15) is 0 Å². The van der Waals surface area contributed by atoms with Crippen molar-refractivity contribution in [3.05, 3.63) is 9.96 Å². The third-order valence-corrected chi connectivity index (χ3v) is 7.07. The summed E-state index contributed by atoms with van der Waals surface area (Å²) in [6.45, 7) is 14.1. The summed E-state index contributed by atoms with van der Waals surface area (Å²) in [4.78, 5) is 9.93. The van der Waals surface area contributed by atoms with Crippen LogP contribution in [0.1, 0.15) is 77.0 Å². The van der Waals surface area contributed by atoms with Crippen molar-refractivity contribution < 1.29 is 51.0 Å². The summed E-state index contributed by atoms with van der Waals surface area (Å²) >= 11 is 0. The quantitative estimate of drug-likeness (QED) is 0.392. The van der Waals surface area contributed by atoms with Gasteiger partial charge in [0.15, 0.2) is 0 Å². The summed E-state index contributed by atoms with van der Waals surface area (Å²) in [7, 11) is -2.28. The molecule has 0 aromatic heterocycles. The largest absolute Gasteiger partial charge is 4.00 e. The number of rotatable bonds is 4. The molecule has 2 saturated carbocycles. The zero-order valence-corrected chi connectivity index (χ0v) is 24.8. The first kappa shape index (κ1) is 33.5. The number of halogens is 2. The Morgan fingerprint density at radius 1 is 0.481 bits per heavy atom. The first-order valence-electron chi connectivity index (χ1n) is 10.6. The van der Waals surface area contributed by atoms with Crippen LogP contribution in [-0.2, 0) is 26.2 Å². The van der Waals surface area contributed by atoms with Crippen LogP contribution in [0, 0.1) is 0 Å². The molecule has 0 aromatic carbocycles. The maximum atomic E-state index is 4.97. The second kappa shape index (κ2) is 17.5. The molecule has 0 bridgehead atoms. The summed E-state index contributed by atoms with van der Waals surface area (Å²) in [6, 6.07) is 1.44. The van der Waals surface area contributed by atoms with Crippen molar-refractivity contribution in [2.45, 2.75) is 128 Å². The third kappa shape index (κ3) is 20.9. The van der Waals surface area contributed by atoms with Gasteiger partial charge in [0.1, 0.15) is 0 Å². The molecule has 27 heavy (non-hydrogen) atoms. The van der Waals surface area contributed by atoms with Crippen molar-refractivity contribution in [2.75, 3.05) is 0 Å². The van der Waals surface area contributed by atoms with Crippen LogP contribution in [0.25, 0.3) is 9.96 Å². The monoisotopic (exact) mass is 528 g/mol. The van der Waals surface area contributed by atoms with Crippen molar-refractivity contribution in [1.82, 2.24) is 0 Å². The third-order valence-electron chi connectivity index (χ3n) is 4.79. The Bertz CT molecular complexity index is 289. The Morgan fingerprint density at radius 3 is 0.889 bits per heavy atom. The van der Waals surface area contributed by atoms with Crippen LogP contribution >= 0.6 is 0 Å². The van der Waals surface area contributed by atoms with Crippen LogP contribution in [0.15, 0.2) is 0 Å². The molecule has 0 radical (unpaired) electrons. The molecule has 7 heteroatoms. The molecule has 0 unspecified atom stereocenters. The van der Waals surface area contributed by atoms with Crippen LogP contribution in [-0.4, -0.2) is 28.6 Å². The molecule has 2 nitrogen and oxygen atoms in total. The van der Waals surface area contributed by atoms with Crippen molar-refractivity contribution in [3.8, 4) is 0 Å². The van der Waals surface area contributed by atoms with Gasteiger partial charge in [-0.1, -0.05) is 133 Å². The Kier molecular flexibility index (Phi) is 21.7. The molecule has 0 saturated heterocycles. The van der Waals surface area contributed by atoms with Crippen LogP contribution in [0.3, 0.4) is 0 Å². The average molecular weight is 531 g/mol. The summed E-state index contributed by atoms with van der Waals surface area (Å²) in [5, 5.41) is 0. The maximum absolute atomic E-state index is 4.97. The molecule has 2 aliphatic rings. The van der Waals surface area contributed by atoms with Crippen molar-refractivity contribution >= 4 is 16.5 Å². The van der Waals surface area contributed by atoms with Gasteiger partial charge in [0.05, 0.1) is 0 Å². The summed E-state index contributed by atoms with van der Waals surface area (Å²) < 4.78 is 0. The van der Waals surface area contributed by atoms with Gasteiger partial charge >= 0.3 is 26.2 Å². The fraction of sp³-hybridized carbons (Fsp3) is 1.00. The van der Waals surface area contributed by atoms with Gasteiger partial charge in [-0.3, -0.25) is 0 Å². The van der Waals surface area contributed by atoms with Gasteiger partial charge in [-0.25, -0.2) is 0 Å². The van der Waals surface area contributed by atoms with E-state index >= 15 is 0 Å². The van der Waals surface area contributed by atoms with E-state index in [4.69, 9.17) is 9.96 Å². The van der Waals surface area contributed by atoms with Gasteiger partial charge in [0.2, 0.25) is 0 Å². The number of hydrogen-bond acceptors (Lipinski definition) is 0. The molecule has 2 rings (SSSR count). The van der Waals surface area contributed by atoms with Crippen LogP contribution in [0.5, 0.6) is 0 Å². The topological polar surface area (TPSA) is 28.2 Å². The average Bonchev–Trinajstić information content (AvgIpc) is 2.81. The first-order chi connectivity index (χ1) is 11.2. The Labute approximate surface area is 204 Å². The smallest absolute Gasteiger partial charge is 1.00 e. The molecule has 2 fully saturated rings. The fourth-order valence-corrected chi connectivity index (χ4v) is 6.58. The zero-order valence-electron chi connectivity index (χ0n) is 18.8. The van der Waals surface area contributed by atoms with Crippen LogP contribution in [0.2, 0.25) is 39.3 Å². The molecule has 0 atom stereocenters. The standard InChI is InChI=1S/2C10H22NSi.2ClH.Zr/c2*1-12(2,3)11-10-8-6-4-5-7-9-10;;;/h2*10H,4-9H2,1-3H3;2*1H;/q2*-1;;;+4/p-2. The van der Waals surface area contributed by atoms with Gasteiger partial charge in [-0.15, -0.1) is 12.1 Å². The second-order valence-electron chi connectivity index (χ2n) is 9.89. The molecular formula is C20H44Cl2N2Si2Zr. The van der Waals surface area contributed by atoms with Gasteiger partial charge in [0, 0.05) is 0 Å². The van der Waals surface area contributed by atoms with E-state index in [1.54, 1.807) is 0 Å². The van der Waals surface area contributed by atoms with Crippen molar-refractivity contribution in [1.29, 1.82) is 0 Å². The number of nitrogens with zero attached hydrogens (tertiary/aromatic N) is 2. The normalized spacial score (nSPS) is 19.8. The van der Waals surface area contributed by atoms with E-state index in [0.717, 1.165) is 12.1 Å². The summed E-state index contributed by atoms with van der Waals surface area (Å²) in [5.41, 5.74) is 0. The number of hydrogen-bond donors (Lipinski definition) is 0. The van der Waals surface area contributed by atoms with Crippen molar-refractivity contribution in [2.24, 2.45) is 0 Å². The maximum Gasteiger partial charge on any atom is 4.00 e. The van der Waals surface area contributed by atoms with E-state index in [2.05, 4.69) is 39.3 Å². The minimum absolute atomic E-state index is 0. The van der Waals surface area contributed by atoms with E-state index < -0.39 is 16.5 Å². The first-order valence-corrected chi connectivity index (χ1v) is 17.5. The van der Waals surface area contributed by atoms with Crippen molar-refractivity contribution in [3.63, 3.8) is 0 Å². The molecule has 0 aromatic rings. The minimum atomic E-state index is -1.14. The fourth-order valence-electron chi connectivity index (χ4n) is 3.87. The van der Waals surface area contributed by atoms with Gasteiger partial charge in [0.25, 0.3) is 0 Å². The Morgan fingerprint density at radius 2 is 0.704 bits per heavy atom. The molecule has 0 heterocycles. The predicted molar refractivity (Wildman–Crippen MR) is 116 cm³/mol. The molecule has 0 N–H and O–H groups in total. The summed E-state index contributed by atoms with van der Waals surface area (Å²) in [6.07, 6.45) is 16.9. The van der Waals surface area contributed by atoms with Gasteiger partial charge in [-0.05, 0) is 0 Å². The molecule has 0 spiro atoms. The predicted octanol–water partition coefficient (Wildman–Crippen LogP) is 1.84. The van der Waals surface area contributed by atoms with Gasteiger partial charge < -0.3 is 34.8 Å². The molecule has 160 valence electrons. The molecule has 0 amide bonds. The Balaban J connectivity index is -0.000000384. The minimum Gasteiger partial charge on any atom is -1.00 e. The second-order valence-corrected chi connectivity index (χ2v) is 19.1. The van der Waals surface area contributed by atoms with E-state index in [1.807, 2.05) is 0 Å². The Hall–Kier alpha value is 1.82. The van der Waals surface area contributed by atoms with E-state index in [1.165, 1.54) is 77.0 Å². The molecule has 2 aliphatic carbocycles. The van der Waals surface area contributed by atoms with E-state index in [9.17, 15) is 0 Å². The molecule has 0 aliphatic heterocycles. The molecular weight excluding hydrogens is 487 g/mol. The van der Waals surface area contributed by atoms with E-state index in [-0.39, 0.29) is 51.0 Å². The van der Waals surface area contributed by atoms with Crippen LogP contribution < -0.4 is 24.8 Å². The SMILES string of the molecule is C[Si](C)(C)[N-]C1CCCCCC1.C[Si](C)(C)[N-]C1CCCCCC1.[Cl-].[Cl-].[Zr+4]. The summed E-state index contributed by atoms with van der Waals surface area (Å²) in [5.74, 6) is 0.